The van der Waals surface area contributed by atoms with Crippen molar-refractivity contribution in [2.45, 2.75) is 104 Å². The molecule has 1 aromatic heterocycles. The molecule has 0 spiro atoms. The maximum Gasteiger partial charge on any atom is 0.336 e. The standard InChI is InChI=1S/C28H41NO2/c1-3-4-5-6-7-8-9-10-11-12-13-14-18-21-26-24(2)29(23-22-27(26)28(30)31)25-19-16-15-17-20-25/h15-17,19-20,22-23H,3-14,18,21H2,1-2H3/p+1. The Balaban J connectivity index is 1.72. The normalized spacial score (nSPS) is 11.0. The Hall–Kier alpha value is -2.16. The summed E-state index contributed by atoms with van der Waals surface area (Å²) in [5.74, 6) is -0.826. The van der Waals surface area contributed by atoms with Gasteiger partial charge in [-0.25, -0.2) is 4.79 Å². The molecule has 2 rings (SSSR count). The maximum absolute atomic E-state index is 11.7. The quantitative estimate of drug-likeness (QED) is 0.222. The molecule has 0 unspecified atom stereocenters. The van der Waals surface area contributed by atoms with E-state index in [2.05, 4.69) is 23.6 Å². The number of aromatic carboxylic acids is 1. The van der Waals surface area contributed by atoms with E-state index in [1.165, 1.54) is 77.0 Å². The fourth-order valence-corrected chi connectivity index (χ4v) is 4.41. The molecule has 0 aliphatic carbocycles. The largest absolute Gasteiger partial charge is 0.478 e. The molecule has 170 valence electrons. The topological polar surface area (TPSA) is 41.2 Å². The predicted octanol–water partition coefficient (Wildman–Crippen LogP) is 7.60. The van der Waals surface area contributed by atoms with Crippen LogP contribution in [0.3, 0.4) is 0 Å². The Morgan fingerprint density at radius 3 is 1.81 bits per heavy atom. The average Bonchev–Trinajstić information content (AvgIpc) is 2.78. The molecule has 0 radical (unpaired) electrons. The number of rotatable bonds is 16. The lowest BCUT2D eigenvalue weighted by atomic mass is 9.98. The number of benzene rings is 1. The molecule has 31 heavy (non-hydrogen) atoms. The van der Waals surface area contributed by atoms with E-state index in [9.17, 15) is 9.90 Å². The highest BCUT2D eigenvalue weighted by Gasteiger charge is 2.21. The van der Waals surface area contributed by atoms with Crippen molar-refractivity contribution in [2.75, 3.05) is 0 Å². The van der Waals surface area contributed by atoms with Gasteiger partial charge in [-0.15, -0.1) is 0 Å². The molecule has 3 nitrogen and oxygen atoms in total. The molecule has 0 amide bonds. The first-order chi connectivity index (χ1) is 15.1. The Labute approximate surface area is 189 Å². The van der Waals surface area contributed by atoms with Crippen molar-refractivity contribution in [1.82, 2.24) is 0 Å². The first-order valence-corrected chi connectivity index (χ1v) is 12.5. The summed E-state index contributed by atoms with van der Waals surface area (Å²) in [6.45, 7) is 4.31. The van der Waals surface area contributed by atoms with Gasteiger partial charge in [0.1, 0.15) is 0 Å². The van der Waals surface area contributed by atoms with E-state index in [-0.39, 0.29) is 0 Å². The minimum absolute atomic E-state index is 0.448. The second-order valence-corrected chi connectivity index (χ2v) is 8.80. The Bertz CT molecular complexity index is 770. The average molecular weight is 425 g/mol. The number of aromatic nitrogens is 1. The summed E-state index contributed by atoms with van der Waals surface area (Å²) in [7, 11) is 0. The zero-order valence-corrected chi connectivity index (χ0v) is 19.7. The van der Waals surface area contributed by atoms with Gasteiger partial charge in [0.05, 0.1) is 5.56 Å². The van der Waals surface area contributed by atoms with Gasteiger partial charge in [0, 0.05) is 30.7 Å². The number of carbonyl (C=O) groups is 1. The van der Waals surface area contributed by atoms with Crippen LogP contribution in [0, 0.1) is 6.92 Å². The predicted molar refractivity (Wildman–Crippen MR) is 129 cm³/mol. The SMILES string of the molecule is CCCCCCCCCCCCCCCc1c(C(=O)O)cc[n+](-c2ccccc2)c1C. The summed E-state index contributed by atoms with van der Waals surface area (Å²) in [6.07, 6.45) is 19.9. The highest BCUT2D eigenvalue weighted by molar-refractivity contribution is 5.89. The summed E-state index contributed by atoms with van der Waals surface area (Å²) in [5, 5.41) is 9.65. The molecule has 1 heterocycles. The van der Waals surface area contributed by atoms with E-state index < -0.39 is 5.97 Å². The van der Waals surface area contributed by atoms with E-state index in [1.807, 2.05) is 31.3 Å². The first-order valence-electron chi connectivity index (χ1n) is 12.5. The Morgan fingerprint density at radius 2 is 1.29 bits per heavy atom. The van der Waals surface area contributed by atoms with E-state index in [4.69, 9.17) is 0 Å². The van der Waals surface area contributed by atoms with Gasteiger partial charge < -0.3 is 5.11 Å². The minimum atomic E-state index is -0.826. The molecule has 0 aliphatic heterocycles. The lowest BCUT2D eigenvalue weighted by Crippen LogP contribution is -2.36. The van der Waals surface area contributed by atoms with Crippen LogP contribution in [0.1, 0.15) is 112 Å². The van der Waals surface area contributed by atoms with Gasteiger partial charge >= 0.3 is 5.97 Å². The maximum atomic E-state index is 11.7. The lowest BCUT2D eigenvalue weighted by molar-refractivity contribution is -0.603. The second kappa shape index (κ2) is 14.8. The van der Waals surface area contributed by atoms with E-state index in [0.717, 1.165) is 29.8 Å². The second-order valence-electron chi connectivity index (χ2n) is 8.80. The molecular formula is C28H42NO2+. The third-order valence-corrected chi connectivity index (χ3v) is 6.31. The van der Waals surface area contributed by atoms with Crippen molar-refractivity contribution in [1.29, 1.82) is 0 Å². The molecule has 1 aromatic carbocycles. The zero-order valence-electron chi connectivity index (χ0n) is 19.7. The third-order valence-electron chi connectivity index (χ3n) is 6.31. The monoisotopic (exact) mass is 424 g/mol. The van der Waals surface area contributed by atoms with Gasteiger partial charge in [-0.2, -0.15) is 4.57 Å². The van der Waals surface area contributed by atoms with Crippen molar-refractivity contribution < 1.29 is 14.5 Å². The molecule has 1 N–H and O–H groups in total. The molecule has 2 aromatic rings. The van der Waals surface area contributed by atoms with Gasteiger partial charge in [0.2, 0.25) is 5.69 Å². The molecule has 3 heteroatoms. The Morgan fingerprint density at radius 1 is 0.774 bits per heavy atom. The van der Waals surface area contributed by atoms with Gasteiger partial charge in [-0.3, -0.25) is 0 Å². The number of para-hydroxylation sites is 1. The van der Waals surface area contributed by atoms with E-state index in [1.54, 1.807) is 6.07 Å². The molecule has 0 saturated carbocycles. The molecule has 0 aliphatic rings. The van der Waals surface area contributed by atoms with Crippen LogP contribution in [-0.4, -0.2) is 11.1 Å². The number of nitrogens with zero attached hydrogens (tertiary/aromatic N) is 1. The van der Waals surface area contributed by atoms with Gasteiger partial charge in [0.15, 0.2) is 11.9 Å². The molecular weight excluding hydrogens is 382 g/mol. The van der Waals surface area contributed by atoms with Crippen molar-refractivity contribution in [3.8, 4) is 5.69 Å². The van der Waals surface area contributed by atoms with Crippen molar-refractivity contribution in [3.05, 3.63) is 59.4 Å². The number of hydrogen-bond donors (Lipinski definition) is 1. The summed E-state index contributed by atoms with van der Waals surface area (Å²) >= 11 is 0. The minimum Gasteiger partial charge on any atom is -0.478 e. The number of hydrogen-bond acceptors (Lipinski definition) is 1. The fourth-order valence-electron chi connectivity index (χ4n) is 4.41. The van der Waals surface area contributed by atoms with Gasteiger partial charge in [-0.05, 0) is 12.8 Å². The zero-order chi connectivity index (χ0) is 22.3. The summed E-state index contributed by atoms with van der Waals surface area (Å²) in [6, 6.07) is 11.9. The molecule has 0 atom stereocenters. The van der Waals surface area contributed by atoms with Crippen LogP contribution in [0.15, 0.2) is 42.6 Å². The number of carboxylic acids is 1. The fraction of sp³-hybridized carbons (Fsp3) is 0.571. The third kappa shape index (κ3) is 8.85. The molecule has 0 fully saturated rings. The van der Waals surface area contributed by atoms with Crippen molar-refractivity contribution >= 4 is 5.97 Å². The van der Waals surface area contributed by atoms with Crippen LogP contribution in [0.5, 0.6) is 0 Å². The van der Waals surface area contributed by atoms with E-state index >= 15 is 0 Å². The van der Waals surface area contributed by atoms with Crippen LogP contribution >= 0.6 is 0 Å². The summed E-state index contributed by atoms with van der Waals surface area (Å²) in [4.78, 5) is 11.7. The molecule has 0 bridgehead atoms. The highest BCUT2D eigenvalue weighted by Crippen LogP contribution is 2.18. The van der Waals surface area contributed by atoms with Crippen LogP contribution in [-0.2, 0) is 6.42 Å². The lowest BCUT2D eigenvalue weighted by Gasteiger charge is -2.09. The number of pyridine rings is 1. The van der Waals surface area contributed by atoms with Crippen LogP contribution in [0.4, 0.5) is 0 Å². The Kier molecular flexibility index (Phi) is 12.0. The number of unbranched alkanes of at least 4 members (excludes halogenated alkanes) is 12. The smallest absolute Gasteiger partial charge is 0.336 e. The van der Waals surface area contributed by atoms with Gasteiger partial charge in [-0.1, -0.05) is 102 Å². The van der Waals surface area contributed by atoms with Crippen molar-refractivity contribution in [3.63, 3.8) is 0 Å². The summed E-state index contributed by atoms with van der Waals surface area (Å²) < 4.78 is 2.10. The van der Waals surface area contributed by atoms with Gasteiger partial charge in [0.25, 0.3) is 0 Å². The van der Waals surface area contributed by atoms with Crippen LogP contribution in [0.25, 0.3) is 5.69 Å². The first kappa shape index (κ1) is 25.1. The van der Waals surface area contributed by atoms with Crippen LogP contribution < -0.4 is 4.57 Å². The molecule has 0 saturated heterocycles. The number of carboxylic acid groups (broad SMARTS) is 1. The van der Waals surface area contributed by atoms with Crippen molar-refractivity contribution in [2.24, 2.45) is 0 Å². The van der Waals surface area contributed by atoms with Crippen LogP contribution in [0.2, 0.25) is 0 Å². The van der Waals surface area contributed by atoms with E-state index in [0.29, 0.717) is 5.56 Å². The highest BCUT2D eigenvalue weighted by atomic mass is 16.4. The summed E-state index contributed by atoms with van der Waals surface area (Å²) in [5.41, 5.74) is 3.53.